The fraction of sp³-hybridized carbons (Fsp3) is 0.267. The molecule has 0 saturated carbocycles. The van der Waals surface area contributed by atoms with Gasteiger partial charge >= 0.3 is 0 Å². The average molecular weight is 293 g/mol. The first kappa shape index (κ1) is 14.8. The molecule has 1 aromatic carbocycles. The fourth-order valence-electron chi connectivity index (χ4n) is 1.98. The van der Waals surface area contributed by atoms with Crippen LogP contribution < -0.4 is 5.32 Å². The van der Waals surface area contributed by atoms with Crippen molar-refractivity contribution in [2.75, 3.05) is 0 Å². The van der Waals surface area contributed by atoms with E-state index >= 15 is 0 Å². The zero-order valence-electron chi connectivity index (χ0n) is 11.2. The van der Waals surface area contributed by atoms with Crippen molar-refractivity contribution >= 4 is 11.6 Å². The van der Waals surface area contributed by atoms with Crippen molar-refractivity contribution in [1.29, 1.82) is 0 Å². The van der Waals surface area contributed by atoms with Gasteiger partial charge in [0.2, 0.25) is 0 Å². The van der Waals surface area contributed by atoms with Gasteiger partial charge in [-0.1, -0.05) is 29.8 Å². The summed E-state index contributed by atoms with van der Waals surface area (Å²) in [5.74, 6) is 0.128. The average Bonchev–Trinajstić information content (AvgIpc) is 2.45. The zero-order valence-corrected chi connectivity index (χ0v) is 12.0. The lowest BCUT2D eigenvalue weighted by atomic mass is 10.1. The molecule has 106 valence electrons. The van der Waals surface area contributed by atoms with Crippen LogP contribution in [0.1, 0.15) is 22.4 Å². The van der Waals surface area contributed by atoms with E-state index in [-0.39, 0.29) is 12.4 Å². The number of aryl methyl sites for hydroxylation is 1. The SMILES string of the molecule is Cc1ncc(CO)c(CNCc2ccccc2Cl)c1O. The van der Waals surface area contributed by atoms with Gasteiger partial charge in [0, 0.05) is 35.4 Å². The molecule has 0 radical (unpaired) electrons. The molecule has 0 saturated heterocycles. The third kappa shape index (κ3) is 3.28. The third-order valence-corrected chi connectivity index (χ3v) is 3.54. The molecule has 5 heteroatoms. The lowest BCUT2D eigenvalue weighted by molar-refractivity contribution is 0.278. The molecule has 0 bridgehead atoms. The number of pyridine rings is 1. The monoisotopic (exact) mass is 292 g/mol. The zero-order chi connectivity index (χ0) is 14.5. The Morgan fingerprint density at radius 3 is 2.65 bits per heavy atom. The van der Waals surface area contributed by atoms with E-state index in [0.29, 0.717) is 34.9 Å². The number of nitrogens with zero attached hydrogens (tertiary/aromatic N) is 1. The summed E-state index contributed by atoms with van der Waals surface area (Å²) in [7, 11) is 0. The highest BCUT2D eigenvalue weighted by atomic mass is 35.5. The number of aromatic nitrogens is 1. The van der Waals surface area contributed by atoms with Crippen LogP contribution in [0.4, 0.5) is 0 Å². The molecule has 2 rings (SSSR count). The lowest BCUT2D eigenvalue weighted by Gasteiger charge is -2.12. The van der Waals surface area contributed by atoms with Crippen LogP contribution in [0.5, 0.6) is 5.75 Å². The molecule has 4 nitrogen and oxygen atoms in total. The smallest absolute Gasteiger partial charge is 0.141 e. The normalized spacial score (nSPS) is 10.8. The number of rotatable bonds is 5. The number of halogens is 1. The highest BCUT2D eigenvalue weighted by Crippen LogP contribution is 2.24. The molecular formula is C15H17ClN2O2. The van der Waals surface area contributed by atoms with E-state index in [1.165, 1.54) is 0 Å². The van der Waals surface area contributed by atoms with Gasteiger partial charge in [-0.15, -0.1) is 0 Å². The van der Waals surface area contributed by atoms with Crippen LogP contribution >= 0.6 is 11.6 Å². The molecule has 0 aliphatic rings. The van der Waals surface area contributed by atoms with Gasteiger partial charge < -0.3 is 15.5 Å². The highest BCUT2D eigenvalue weighted by molar-refractivity contribution is 6.31. The van der Waals surface area contributed by atoms with Crippen LogP contribution in [0.15, 0.2) is 30.5 Å². The molecule has 20 heavy (non-hydrogen) atoms. The standard InChI is InChI=1S/C15H17ClN2O2/c1-10-15(20)13(12(9-19)7-18-10)8-17-6-11-4-2-3-5-14(11)16/h2-5,7,17,19-20H,6,8-9H2,1H3. The van der Waals surface area contributed by atoms with Gasteiger partial charge in [0.1, 0.15) is 5.75 Å². The Balaban J connectivity index is 2.08. The van der Waals surface area contributed by atoms with E-state index in [2.05, 4.69) is 10.3 Å². The Morgan fingerprint density at radius 2 is 1.95 bits per heavy atom. The predicted octanol–water partition coefficient (Wildman–Crippen LogP) is 2.53. The van der Waals surface area contributed by atoms with E-state index in [4.69, 9.17) is 11.6 Å². The molecule has 2 aromatic rings. The number of aliphatic hydroxyl groups excluding tert-OH is 1. The van der Waals surface area contributed by atoms with E-state index < -0.39 is 0 Å². The van der Waals surface area contributed by atoms with Crippen LogP contribution in [0.25, 0.3) is 0 Å². The van der Waals surface area contributed by atoms with Crippen LogP contribution in [0.2, 0.25) is 5.02 Å². The van der Waals surface area contributed by atoms with E-state index in [1.54, 1.807) is 13.1 Å². The highest BCUT2D eigenvalue weighted by Gasteiger charge is 2.11. The molecule has 0 aliphatic heterocycles. The summed E-state index contributed by atoms with van der Waals surface area (Å²) < 4.78 is 0. The van der Waals surface area contributed by atoms with Gasteiger partial charge in [-0.25, -0.2) is 0 Å². The van der Waals surface area contributed by atoms with Crippen LogP contribution in [-0.4, -0.2) is 15.2 Å². The van der Waals surface area contributed by atoms with Crippen molar-refractivity contribution in [1.82, 2.24) is 10.3 Å². The van der Waals surface area contributed by atoms with Gasteiger partial charge in [-0.2, -0.15) is 0 Å². The molecule has 0 spiro atoms. The Kier molecular flexibility index (Phi) is 4.95. The fourth-order valence-corrected chi connectivity index (χ4v) is 2.18. The summed E-state index contributed by atoms with van der Waals surface area (Å²) in [5.41, 5.74) is 2.84. The molecule has 0 fully saturated rings. The topological polar surface area (TPSA) is 65.4 Å². The first-order chi connectivity index (χ1) is 9.63. The van der Waals surface area contributed by atoms with Crippen LogP contribution in [0, 0.1) is 6.92 Å². The van der Waals surface area contributed by atoms with Gasteiger partial charge in [0.05, 0.1) is 12.3 Å². The van der Waals surface area contributed by atoms with Crippen molar-refractivity contribution in [3.8, 4) is 5.75 Å². The lowest BCUT2D eigenvalue weighted by Crippen LogP contribution is -2.15. The van der Waals surface area contributed by atoms with Crippen molar-refractivity contribution in [3.63, 3.8) is 0 Å². The summed E-state index contributed by atoms with van der Waals surface area (Å²) in [6.45, 7) is 2.61. The molecule has 3 N–H and O–H groups in total. The molecule has 0 aliphatic carbocycles. The molecular weight excluding hydrogens is 276 g/mol. The van der Waals surface area contributed by atoms with Crippen molar-refractivity contribution in [2.45, 2.75) is 26.6 Å². The van der Waals surface area contributed by atoms with Gasteiger partial charge in [0.15, 0.2) is 0 Å². The maximum absolute atomic E-state index is 10.0. The number of hydrogen-bond acceptors (Lipinski definition) is 4. The summed E-state index contributed by atoms with van der Waals surface area (Å²) in [6, 6.07) is 7.59. The van der Waals surface area contributed by atoms with Crippen molar-refractivity contribution in [2.24, 2.45) is 0 Å². The number of benzene rings is 1. The maximum Gasteiger partial charge on any atom is 0.141 e. The minimum absolute atomic E-state index is 0.128. The van der Waals surface area contributed by atoms with Gasteiger partial charge in [0.25, 0.3) is 0 Å². The van der Waals surface area contributed by atoms with E-state index in [1.807, 2.05) is 24.3 Å². The molecule has 1 heterocycles. The van der Waals surface area contributed by atoms with Crippen molar-refractivity contribution in [3.05, 3.63) is 57.9 Å². The number of hydrogen-bond donors (Lipinski definition) is 3. The largest absolute Gasteiger partial charge is 0.506 e. The predicted molar refractivity (Wildman–Crippen MR) is 78.6 cm³/mol. The number of aromatic hydroxyl groups is 1. The minimum atomic E-state index is -0.149. The second-order valence-corrected chi connectivity index (χ2v) is 4.96. The quantitative estimate of drug-likeness (QED) is 0.792. The summed E-state index contributed by atoms with van der Waals surface area (Å²) >= 11 is 6.08. The minimum Gasteiger partial charge on any atom is -0.506 e. The first-order valence-electron chi connectivity index (χ1n) is 6.34. The number of nitrogens with one attached hydrogen (secondary N) is 1. The second-order valence-electron chi connectivity index (χ2n) is 4.55. The molecule has 0 amide bonds. The van der Waals surface area contributed by atoms with E-state index in [9.17, 15) is 10.2 Å². The Hall–Kier alpha value is -1.62. The summed E-state index contributed by atoms with van der Waals surface area (Å²) in [6.07, 6.45) is 1.58. The Bertz CT molecular complexity index is 602. The second kappa shape index (κ2) is 6.70. The van der Waals surface area contributed by atoms with Crippen LogP contribution in [0.3, 0.4) is 0 Å². The molecule has 0 unspecified atom stereocenters. The first-order valence-corrected chi connectivity index (χ1v) is 6.72. The van der Waals surface area contributed by atoms with Crippen LogP contribution in [-0.2, 0) is 19.7 Å². The maximum atomic E-state index is 10.0. The summed E-state index contributed by atoms with van der Waals surface area (Å²) in [4.78, 5) is 4.03. The number of aliphatic hydroxyl groups is 1. The van der Waals surface area contributed by atoms with Gasteiger partial charge in [-0.05, 0) is 18.6 Å². The third-order valence-electron chi connectivity index (χ3n) is 3.18. The Labute approximate surface area is 123 Å². The summed E-state index contributed by atoms with van der Waals surface area (Å²) in [5, 5.41) is 23.2. The van der Waals surface area contributed by atoms with E-state index in [0.717, 1.165) is 5.56 Å². The van der Waals surface area contributed by atoms with Crippen molar-refractivity contribution < 1.29 is 10.2 Å². The molecule has 1 aromatic heterocycles. The molecule has 0 atom stereocenters. The van der Waals surface area contributed by atoms with Gasteiger partial charge in [-0.3, -0.25) is 4.98 Å². The Morgan fingerprint density at radius 1 is 1.20 bits per heavy atom.